The third-order valence-electron chi connectivity index (χ3n) is 5.75. The Morgan fingerprint density at radius 3 is 2.16 bits per heavy atom. The summed E-state index contributed by atoms with van der Waals surface area (Å²) in [6.07, 6.45) is 0. The molecule has 0 radical (unpaired) electrons. The number of hydrogen-bond acceptors (Lipinski definition) is 4. The minimum absolute atomic E-state index is 0.0319. The van der Waals surface area contributed by atoms with E-state index in [4.69, 9.17) is 4.74 Å². The normalized spacial score (nSPS) is 15.4. The largest absolute Gasteiger partial charge is 0.495 e. The number of benzene rings is 2. The number of amides is 2. The maximum absolute atomic E-state index is 12.9. The lowest BCUT2D eigenvalue weighted by molar-refractivity contribution is -0.133. The molecule has 0 saturated carbocycles. The first-order valence-electron chi connectivity index (χ1n) is 10.8. The second-order valence-electron chi connectivity index (χ2n) is 9.01. The molecule has 1 atom stereocenters. The fourth-order valence-electron chi connectivity index (χ4n) is 3.80. The van der Waals surface area contributed by atoms with Crippen LogP contribution in [0.1, 0.15) is 43.6 Å². The summed E-state index contributed by atoms with van der Waals surface area (Å²) >= 11 is 0. The summed E-state index contributed by atoms with van der Waals surface area (Å²) in [6.45, 7) is 10.8. The van der Waals surface area contributed by atoms with Gasteiger partial charge >= 0.3 is 0 Å². The van der Waals surface area contributed by atoms with Crippen LogP contribution in [0.15, 0.2) is 48.5 Å². The van der Waals surface area contributed by atoms with Gasteiger partial charge < -0.3 is 19.9 Å². The van der Waals surface area contributed by atoms with Crippen LogP contribution < -0.4 is 15.0 Å². The van der Waals surface area contributed by atoms with Crippen LogP contribution in [0.4, 0.5) is 5.69 Å². The van der Waals surface area contributed by atoms with Crippen LogP contribution in [-0.4, -0.2) is 56.0 Å². The molecule has 2 aromatic rings. The standard InChI is InChI=1S/C25H33N3O3/c1-18(26-23(29)19-10-12-20(13-11-19)25(2,3)4)24(30)28-16-14-27(15-17-28)21-8-6-7-9-22(21)31-5/h6-13,18H,14-17H2,1-5H3,(H,26,29)/t18-/m0/s1. The Kier molecular flexibility index (Phi) is 6.88. The number of carbonyl (C=O) groups is 2. The number of ether oxygens (including phenoxy) is 1. The fraction of sp³-hybridized carbons (Fsp3) is 0.440. The first kappa shape index (κ1) is 22.7. The number of methoxy groups -OCH3 is 1. The van der Waals surface area contributed by atoms with Crippen molar-refractivity contribution in [2.24, 2.45) is 0 Å². The molecule has 0 aliphatic carbocycles. The summed E-state index contributed by atoms with van der Waals surface area (Å²) < 4.78 is 5.45. The molecule has 0 bridgehead atoms. The van der Waals surface area contributed by atoms with E-state index in [9.17, 15) is 9.59 Å². The van der Waals surface area contributed by atoms with E-state index in [1.54, 1.807) is 14.0 Å². The molecule has 1 saturated heterocycles. The number of anilines is 1. The summed E-state index contributed by atoms with van der Waals surface area (Å²) in [6, 6.07) is 14.9. The zero-order chi connectivity index (χ0) is 22.6. The second-order valence-corrected chi connectivity index (χ2v) is 9.01. The Labute approximate surface area is 185 Å². The first-order valence-corrected chi connectivity index (χ1v) is 10.8. The maximum Gasteiger partial charge on any atom is 0.251 e. The van der Waals surface area contributed by atoms with Crippen LogP contribution in [0, 0.1) is 0 Å². The van der Waals surface area contributed by atoms with Crippen molar-refractivity contribution in [1.29, 1.82) is 0 Å². The van der Waals surface area contributed by atoms with Gasteiger partial charge in [0.25, 0.3) is 5.91 Å². The summed E-state index contributed by atoms with van der Waals surface area (Å²) in [7, 11) is 1.67. The topological polar surface area (TPSA) is 61.9 Å². The van der Waals surface area contributed by atoms with Crippen molar-refractivity contribution in [3.63, 3.8) is 0 Å². The number of nitrogens with one attached hydrogen (secondary N) is 1. The van der Waals surface area contributed by atoms with E-state index in [-0.39, 0.29) is 17.2 Å². The highest BCUT2D eigenvalue weighted by Gasteiger charge is 2.27. The van der Waals surface area contributed by atoms with Gasteiger partial charge in [0.2, 0.25) is 5.91 Å². The molecule has 2 aromatic carbocycles. The predicted octanol–water partition coefficient (Wildman–Crippen LogP) is 3.46. The molecule has 1 aliphatic rings. The van der Waals surface area contributed by atoms with E-state index in [0.717, 1.165) is 24.5 Å². The highest BCUT2D eigenvalue weighted by Crippen LogP contribution is 2.28. The molecular weight excluding hydrogens is 390 g/mol. The van der Waals surface area contributed by atoms with Crippen LogP contribution in [0.5, 0.6) is 5.75 Å². The van der Waals surface area contributed by atoms with Crippen LogP contribution in [-0.2, 0) is 10.2 Å². The number of para-hydroxylation sites is 2. The number of rotatable bonds is 5. The lowest BCUT2D eigenvalue weighted by Gasteiger charge is -2.37. The molecular formula is C25H33N3O3. The van der Waals surface area contributed by atoms with Gasteiger partial charge in [-0.2, -0.15) is 0 Å². The van der Waals surface area contributed by atoms with Gasteiger partial charge in [0.15, 0.2) is 0 Å². The van der Waals surface area contributed by atoms with Gasteiger partial charge in [0.1, 0.15) is 11.8 Å². The van der Waals surface area contributed by atoms with Crippen molar-refractivity contribution in [2.75, 3.05) is 38.2 Å². The van der Waals surface area contributed by atoms with Crippen LogP contribution in [0.3, 0.4) is 0 Å². The minimum atomic E-state index is -0.576. The summed E-state index contributed by atoms with van der Waals surface area (Å²) in [4.78, 5) is 29.5. The summed E-state index contributed by atoms with van der Waals surface area (Å²) in [5.74, 6) is 0.550. The SMILES string of the molecule is COc1ccccc1N1CCN(C(=O)[C@H](C)NC(=O)c2ccc(C(C)(C)C)cc2)CC1. The Morgan fingerprint density at radius 1 is 0.968 bits per heavy atom. The van der Waals surface area contributed by atoms with Crippen molar-refractivity contribution in [3.05, 3.63) is 59.7 Å². The summed E-state index contributed by atoms with van der Waals surface area (Å²) in [5, 5.41) is 2.85. The average molecular weight is 424 g/mol. The molecule has 0 aromatic heterocycles. The molecule has 6 nitrogen and oxygen atoms in total. The van der Waals surface area contributed by atoms with Crippen molar-refractivity contribution < 1.29 is 14.3 Å². The molecule has 6 heteroatoms. The number of carbonyl (C=O) groups excluding carboxylic acids is 2. The number of piperazine rings is 1. The van der Waals surface area contributed by atoms with Crippen LogP contribution in [0.2, 0.25) is 0 Å². The van der Waals surface area contributed by atoms with Crippen LogP contribution >= 0.6 is 0 Å². The molecule has 1 N–H and O–H groups in total. The number of hydrogen-bond donors (Lipinski definition) is 1. The number of nitrogens with zero attached hydrogens (tertiary/aromatic N) is 2. The van der Waals surface area contributed by atoms with E-state index in [1.807, 2.05) is 53.4 Å². The lowest BCUT2D eigenvalue weighted by Crippen LogP contribution is -2.54. The van der Waals surface area contributed by atoms with Gasteiger partial charge in [-0.15, -0.1) is 0 Å². The molecule has 3 rings (SSSR count). The highest BCUT2D eigenvalue weighted by molar-refractivity contribution is 5.97. The minimum Gasteiger partial charge on any atom is -0.495 e. The van der Waals surface area contributed by atoms with Crippen molar-refractivity contribution in [1.82, 2.24) is 10.2 Å². The van der Waals surface area contributed by atoms with Crippen LogP contribution in [0.25, 0.3) is 0 Å². The monoisotopic (exact) mass is 423 g/mol. The Balaban J connectivity index is 1.55. The Morgan fingerprint density at radius 2 is 1.58 bits per heavy atom. The lowest BCUT2D eigenvalue weighted by atomic mass is 9.86. The Bertz CT molecular complexity index is 910. The first-order chi connectivity index (χ1) is 14.7. The van der Waals surface area contributed by atoms with Crippen molar-refractivity contribution >= 4 is 17.5 Å². The fourth-order valence-corrected chi connectivity index (χ4v) is 3.80. The smallest absolute Gasteiger partial charge is 0.251 e. The highest BCUT2D eigenvalue weighted by atomic mass is 16.5. The zero-order valence-corrected chi connectivity index (χ0v) is 19.1. The summed E-state index contributed by atoms with van der Waals surface area (Å²) in [5.41, 5.74) is 2.80. The van der Waals surface area contributed by atoms with Gasteiger partial charge in [0, 0.05) is 31.7 Å². The third kappa shape index (κ3) is 5.37. The van der Waals surface area contributed by atoms with Gasteiger partial charge in [-0.05, 0) is 42.2 Å². The predicted molar refractivity (Wildman–Crippen MR) is 124 cm³/mol. The quantitative estimate of drug-likeness (QED) is 0.800. The van der Waals surface area contributed by atoms with Gasteiger partial charge in [-0.1, -0.05) is 45.0 Å². The van der Waals surface area contributed by atoms with Gasteiger partial charge in [0.05, 0.1) is 12.8 Å². The average Bonchev–Trinajstić information content (AvgIpc) is 2.78. The molecule has 31 heavy (non-hydrogen) atoms. The molecule has 1 heterocycles. The molecule has 166 valence electrons. The van der Waals surface area contributed by atoms with E-state index >= 15 is 0 Å². The van der Waals surface area contributed by atoms with E-state index in [0.29, 0.717) is 18.7 Å². The molecule has 1 fully saturated rings. The molecule has 1 aliphatic heterocycles. The third-order valence-corrected chi connectivity index (χ3v) is 5.75. The van der Waals surface area contributed by atoms with Crippen molar-refractivity contribution in [2.45, 2.75) is 39.2 Å². The van der Waals surface area contributed by atoms with Gasteiger partial charge in [-0.25, -0.2) is 0 Å². The molecule has 0 spiro atoms. The van der Waals surface area contributed by atoms with E-state index < -0.39 is 6.04 Å². The second kappa shape index (κ2) is 9.41. The molecule has 0 unspecified atom stereocenters. The zero-order valence-electron chi connectivity index (χ0n) is 19.1. The molecule has 2 amide bonds. The van der Waals surface area contributed by atoms with E-state index in [2.05, 4.69) is 31.0 Å². The van der Waals surface area contributed by atoms with Crippen molar-refractivity contribution in [3.8, 4) is 5.75 Å². The Hall–Kier alpha value is -3.02. The van der Waals surface area contributed by atoms with Gasteiger partial charge in [-0.3, -0.25) is 9.59 Å². The van der Waals surface area contributed by atoms with E-state index in [1.165, 1.54) is 5.56 Å². The maximum atomic E-state index is 12.9.